The second-order valence-corrected chi connectivity index (χ2v) is 5.60. The average molecular weight is 296 g/mol. The number of nitrogens with zero attached hydrogens (tertiary/aromatic N) is 3. The van der Waals surface area contributed by atoms with Crippen LogP contribution in [0.1, 0.15) is 31.4 Å². The predicted molar refractivity (Wildman–Crippen MR) is 76.2 cm³/mol. The van der Waals surface area contributed by atoms with Crippen molar-refractivity contribution < 1.29 is 14.8 Å². The third-order valence-corrected chi connectivity index (χ3v) is 4.13. The van der Waals surface area contributed by atoms with E-state index in [0.29, 0.717) is 36.8 Å². The molecule has 0 amide bonds. The zero-order chi connectivity index (χ0) is 15.6. The molecule has 1 heterocycles. The Morgan fingerprint density at radius 1 is 1.48 bits per heavy atom. The lowest BCUT2D eigenvalue weighted by Gasteiger charge is -2.26. The van der Waals surface area contributed by atoms with Crippen LogP contribution >= 0.6 is 0 Å². The summed E-state index contributed by atoms with van der Waals surface area (Å²) in [5, 5.41) is 27.2. The molecule has 0 saturated heterocycles. The number of aliphatic carboxylic acids is 1. The number of carboxylic acids is 1. The number of nitro groups is 1. The predicted octanol–water partition coefficient (Wildman–Crippen LogP) is 1.94. The minimum atomic E-state index is -0.723. The SMILES string of the molecule is Cc1nn(C)c(NCC2CCC(C(=O)O)CC2)c1[N+](=O)[O-]. The van der Waals surface area contributed by atoms with Gasteiger partial charge in [0.05, 0.1) is 10.8 Å². The summed E-state index contributed by atoms with van der Waals surface area (Å²) in [5.74, 6) is -0.206. The van der Waals surface area contributed by atoms with Crippen molar-refractivity contribution in [3.05, 3.63) is 15.8 Å². The fourth-order valence-electron chi connectivity index (χ4n) is 2.92. The molecule has 0 atom stereocenters. The highest BCUT2D eigenvalue weighted by Crippen LogP contribution is 2.31. The number of hydrogen-bond donors (Lipinski definition) is 2. The van der Waals surface area contributed by atoms with E-state index in [2.05, 4.69) is 10.4 Å². The van der Waals surface area contributed by atoms with Crippen LogP contribution in [0.15, 0.2) is 0 Å². The van der Waals surface area contributed by atoms with Crippen LogP contribution in [0.5, 0.6) is 0 Å². The second kappa shape index (κ2) is 6.11. The Morgan fingerprint density at radius 3 is 2.62 bits per heavy atom. The van der Waals surface area contributed by atoms with Crippen molar-refractivity contribution >= 4 is 17.5 Å². The Hall–Kier alpha value is -2.12. The van der Waals surface area contributed by atoms with Gasteiger partial charge in [0, 0.05) is 13.6 Å². The van der Waals surface area contributed by atoms with E-state index in [0.717, 1.165) is 12.8 Å². The van der Waals surface area contributed by atoms with Gasteiger partial charge in [0.1, 0.15) is 5.69 Å². The number of aryl methyl sites for hydroxylation is 2. The highest BCUT2D eigenvalue weighted by atomic mass is 16.6. The summed E-state index contributed by atoms with van der Waals surface area (Å²) < 4.78 is 1.48. The maximum Gasteiger partial charge on any atom is 0.333 e. The zero-order valence-electron chi connectivity index (χ0n) is 12.2. The number of nitrogens with one attached hydrogen (secondary N) is 1. The topological polar surface area (TPSA) is 110 Å². The molecule has 0 radical (unpaired) electrons. The summed E-state index contributed by atoms with van der Waals surface area (Å²) in [4.78, 5) is 21.6. The monoisotopic (exact) mass is 296 g/mol. The maximum atomic E-state index is 11.1. The number of anilines is 1. The van der Waals surface area contributed by atoms with Gasteiger partial charge in [-0.15, -0.1) is 0 Å². The highest BCUT2D eigenvalue weighted by Gasteiger charge is 2.28. The molecule has 0 bridgehead atoms. The Labute approximate surface area is 122 Å². The third-order valence-electron chi connectivity index (χ3n) is 4.13. The first-order valence-corrected chi connectivity index (χ1v) is 7.04. The van der Waals surface area contributed by atoms with Crippen LogP contribution in [0.2, 0.25) is 0 Å². The van der Waals surface area contributed by atoms with Crippen LogP contribution in [0.3, 0.4) is 0 Å². The molecular weight excluding hydrogens is 276 g/mol. The first-order chi connectivity index (χ1) is 9.90. The van der Waals surface area contributed by atoms with Crippen molar-refractivity contribution in [3.8, 4) is 0 Å². The van der Waals surface area contributed by atoms with Crippen LogP contribution in [-0.4, -0.2) is 32.3 Å². The normalized spacial score (nSPS) is 22.0. The molecule has 8 nitrogen and oxygen atoms in total. The van der Waals surface area contributed by atoms with Gasteiger partial charge >= 0.3 is 11.7 Å². The Balaban J connectivity index is 1.96. The molecule has 8 heteroatoms. The van der Waals surface area contributed by atoms with Crippen molar-refractivity contribution in [2.45, 2.75) is 32.6 Å². The van der Waals surface area contributed by atoms with Crippen molar-refractivity contribution in [1.82, 2.24) is 9.78 Å². The van der Waals surface area contributed by atoms with Crippen molar-refractivity contribution in [1.29, 1.82) is 0 Å². The molecule has 1 saturated carbocycles. The molecule has 1 aromatic heterocycles. The number of hydrogen-bond acceptors (Lipinski definition) is 5. The summed E-state index contributed by atoms with van der Waals surface area (Å²) >= 11 is 0. The second-order valence-electron chi connectivity index (χ2n) is 5.60. The Morgan fingerprint density at radius 2 is 2.10 bits per heavy atom. The molecule has 2 rings (SSSR count). The zero-order valence-corrected chi connectivity index (χ0v) is 12.2. The summed E-state index contributed by atoms with van der Waals surface area (Å²) in [6.45, 7) is 2.22. The molecule has 2 N–H and O–H groups in total. The van der Waals surface area contributed by atoms with Gasteiger partial charge in [0.15, 0.2) is 0 Å². The van der Waals surface area contributed by atoms with Gasteiger partial charge in [-0.25, -0.2) is 4.68 Å². The molecule has 1 aromatic rings. The van der Waals surface area contributed by atoms with Gasteiger partial charge in [0.2, 0.25) is 5.82 Å². The van der Waals surface area contributed by atoms with Gasteiger partial charge in [-0.3, -0.25) is 14.9 Å². The molecule has 0 aromatic carbocycles. The maximum absolute atomic E-state index is 11.1. The van der Waals surface area contributed by atoms with Gasteiger partial charge in [-0.2, -0.15) is 5.10 Å². The molecule has 1 aliphatic carbocycles. The summed E-state index contributed by atoms with van der Waals surface area (Å²) in [5.41, 5.74) is 0.399. The minimum absolute atomic E-state index is 0.0109. The van der Waals surface area contributed by atoms with Crippen LogP contribution in [0.4, 0.5) is 11.5 Å². The lowest BCUT2D eigenvalue weighted by Crippen LogP contribution is -2.25. The van der Waals surface area contributed by atoms with Crippen LogP contribution in [-0.2, 0) is 11.8 Å². The smallest absolute Gasteiger partial charge is 0.333 e. The summed E-state index contributed by atoms with van der Waals surface area (Å²) in [6.07, 6.45) is 3.01. The number of rotatable bonds is 5. The van der Waals surface area contributed by atoms with Crippen LogP contribution in [0, 0.1) is 28.9 Å². The molecule has 0 aliphatic heterocycles. The molecule has 1 aliphatic rings. The summed E-state index contributed by atoms with van der Waals surface area (Å²) in [6, 6.07) is 0. The Bertz CT molecular complexity index is 547. The fourth-order valence-corrected chi connectivity index (χ4v) is 2.92. The molecule has 1 fully saturated rings. The molecule has 0 spiro atoms. The minimum Gasteiger partial charge on any atom is -0.481 e. The first-order valence-electron chi connectivity index (χ1n) is 7.04. The lowest BCUT2D eigenvalue weighted by molar-refractivity contribution is -0.384. The number of carbonyl (C=O) groups is 1. The van der Waals surface area contributed by atoms with E-state index in [1.165, 1.54) is 4.68 Å². The third kappa shape index (κ3) is 3.32. The molecule has 21 heavy (non-hydrogen) atoms. The first kappa shape index (κ1) is 15.3. The van der Waals surface area contributed by atoms with Gasteiger partial charge < -0.3 is 10.4 Å². The molecule has 0 unspecified atom stereocenters. The van der Waals surface area contributed by atoms with Gasteiger partial charge in [-0.1, -0.05) is 0 Å². The number of carboxylic acid groups (broad SMARTS) is 1. The molecular formula is C13H20N4O4. The van der Waals surface area contributed by atoms with Gasteiger partial charge in [0.25, 0.3) is 0 Å². The quantitative estimate of drug-likeness (QED) is 0.634. The largest absolute Gasteiger partial charge is 0.481 e. The van der Waals surface area contributed by atoms with E-state index in [1.807, 2.05) is 0 Å². The van der Waals surface area contributed by atoms with E-state index < -0.39 is 10.9 Å². The van der Waals surface area contributed by atoms with Gasteiger partial charge in [-0.05, 0) is 38.5 Å². The average Bonchev–Trinajstić information content (AvgIpc) is 2.71. The molecule has 116 valence electrons. The number of aromatic nitrogens is 2. The van der Waals surface area contributed by atoms with Crippen molar-refractivity contribution in [3.63, 3.8) is 0 Å². The van der Waals surface area contributed by atoms with E-state index in [1.54, 1.807) is 14.0 Å². The van der Waals surface area contributed by atoms with E-state index >= 15 is 0 Å². The highest BCUT2D eigenvalue weighted by molar-refractivity contribution is 5.70. The van der Waals surface area contributed by atoms with Crippen LogP contribution < -0.4 is 5.32 Å². The standard InChI is InChI=1S/C13H20N4O4/c1-8-11(17(20)21)12(16(2)15-8)14-7-9-3-5-10(6-4-9)13(18)19/h9-10,14H,3-7H2,1-2H3,(H,18,19). The lowest BCUT2D eigenvalue weighted by atomic mass is 9.82. The summed E-state index contributed by atoms with van der Waals surface area (Å²) in [7, 11) is 1.67. The van der Waals surface area contributed by atoms with E-state index in [4.69, 9.17) is 5.11 Å². The Kier molecular flexibility index (Phi) is 4.44. The van der Waals surface area contributed by atoms with Crippen molar-refractivity contribution in [2.75, 3.05) is 11.9 Å². The van der Waals surface area contributed by atoms with Crippen LogP contribution in [0.25, 0.3) is 0 Å². The van der Waals surface area contributed by atoms with E-state index in [9.17, 15) is 14.9 Å². The fraction of sp³-hybridized carbons (Fsp3) is 0.692. The van der Waals surface area contributed by atoms with E-state index in [-0.39, 0.29) is 11.6 Å². The van der Waals surface area contributed by atoms with Crippen molar-refractivity contribution in [2.24, 2.45) is 18.9 Å².